The van der Waals surface area contributed by atoms with Crippen LogP contribution in [0.5, 0.6) is 0 Å². The summed E-state index contributed by atoms with van der Waals surface area (Å²) in [5, 5.41) is 3.15. The molecule has 2 atom stereocenters. The maximum atomic E-state index is 13.7. The molecule has 128 valence electrons. The predicted molar refractivity (Wildman–Crippen MR) is 89.5 cm³/mol. The van der Waals surface area contributed by atoms with Gasteiger partial charge in [0.1, 0.15) is 11.6 Å². The van der Waals surface area contributed by atoms with E-state index in [4.69, 9.17) is 5.73 Å². The summed E-state index contributed by atoms with van der Waals surface area (Å²) < 4.78 is 26.7. The van der Waals surface area contributed by atoms with Gasteiger partial charge in [-0.3, -0.25) is 9.89 Å². The molecule has 0 amide bonds. The molecule has 2 unspecified atom stereocenters. The average molecular weight is 324 g/mol. The lowest BCUT2D eigenvalue weighted by atomic mass is 10.0. The Bertz CT molecular complexity index is 547. The number of nitrogens with one attached hydrogen (secondary N) is 1. The van der Waals surface area contributed by atoms with E-state index >= 15 is 0 Å². The molecule has 0 radical (unpaired) electrons. The van der Waals surface area contributed by atoms with E-state index in [9.17, 15) is 8.78 Å². The Hall–Kier alpha value is -1.69. The van der Waals surface area contributed by atoms with Gasteiger partial charge in [0.15, 0.2) is 5.96 Å². The molecule has 4 nitrogen and oxygen atoms in total. The number of hydrogen-bond acceptors (Lipinski definition) is 2. The maximum absolute atomic E-state index is 13.7. The lowest BCUT2D eigenvalue weighted by molar-refractivity contribution is 0.267. The fourth-order valence-corrected chi connectivity index (χ4v) is 3.06. The minimum Gasteiger partial charge on any atom is -0.370 e. The van der Waals surface area contributed by atoms with E-state index in [1.165, 1.54) is 25.0 Å². The van der Waals surface area contributed by atoms with Gasteiger partial charge < -0.3 is 11.1 Å². The zero-order valence-electron chi connectivity index (χ0n) is 13.9. The van der Waals surface area contributed by atoms with Crippen molar-refractivity contribution >= 4 is 5.96 Å². The van der Waals surface area contributed by atoms with Crippen molar-refractivity contribution in [1.29, 1.82) is 0 Å². The third-order valence-electron chi connectivity index (χ3n) is 4.45. The summed E-state index contributed by atoms with van der Waals surface area (Å²) in [6.45, 7) is 7.34. The van der Waals surface area contributed by atoms with E-state index < -0.39 is 11.6 Å². The van der Waals surface area contributed by atoms with E-state index in [-0.39, 0.29) is 5.92 Å². The number of rotatable bonds is 6. The van der Waals surface area contributed by atoms with Gasteiger partial charge in [-0.15, -0.1) is 0 Å². The summed E-state index contributed by atoms with van der Waals surface area (Å²) in [5.41, 5.74) is 6.35. The summed E-state index contributed by atoms with van der Waals surface area (Å²) in [7, 11) is 0. The van der Waals surface area contributed by atoms with Gasteiger partial charge in [-0.1, -0.05) is 19.9 Å². The topological polar surface area (TPSA) is 53.6 Å². The lowest BCUT2D eigenvalue weighted by Crippen LogP contribution is -2.42. The standard InChI is InChI=1S/C17H26F2N4/c1-3-23-8-4-5-14(23)11-22-17(20)21-10-12(2)15-7-6-13(18)9-16(15)19/h6-7,9,12,14H,3-5,8,10-11H2,1-2H3,(H3,20,21,22). The Labute approximate surface area is 136 Å². The molecule has 0 spiro atoms. The van der Waals surface area contributed by atoms with Gasteiger partial charge in [0.05, 0.1) is 0 Å². The zero-order chi connectivity index (χ0) is 16.8. The first-order valence-corrected chi connectivity index (χ1v) is 8.24. The molecular weight excluding hydrogens is 298 g/mol. The first-order chi connectivity index (χ1) is 11.0. The monoisotopic (exact) mass is 324 g/mol. The third-order valence-corrected chi connectivity index (χ3v) is 4.45. The number of aliphatic imine (C=N–C) groups is 1. The Morgan fingerprint density at radius 2 is 2.26 bits per heavy atom. The first-order valence-electron chi connectivity index (χ1n) is 8.24. The Kier molecular flexibility index (Phi) is 6.33. The van der Waals surface area contributed by atoms with Gasteiger partial charge in [0, 0.05) is 31.1 Å². The van der Waals surface area contributed by atoms with Gasteiger partial charge in [-0.05, 0) is 37.6 Å². The van der Waals surface area contributed by atoms with Crippen LogP contribution in [0.4, 0.5) is 8.78 Å². The highest BCUT2D eigenvalue weighted by atomic mass is 19.1. The molecule has 0 aromatic heterocycles. The van der Waals surface area contributed by atoms with Crippen molar-refractivity contribution in [2.45, 2.75) is 38.6 Å². The second-order valence-corrected chi connectivity index (χ2v) is 6.10. The molecule has 1 aliphatic heterocycles. The minimum absolute atomic E-state index is 0.158. The van der Waals surface area contributed by atoms with Crippen LogP contribution in [-0.4, -0.2) is 43.1 Å². The third kappa shape index (κ3) is 4.89. The van der Waals surface area contributed by atoms with Crippen LogP contribution in [0.3, 0.4) is 0 Å². The van der Waals surface area contributed by atoms with Crippen LogP contribution in [-0.2, 0) is 0 Å². The molecule has 1 aromatic carbocycles. The van der Waals surface area contributed by atoms with Crippen molar-refractivity contribution in [2.24, 2.45) is 10.7 Å². The Balaban J connectivity index is 1.84. The number of likely N-dealkylation sites (N-methyl/N-ethyl adjacent to an activating group) is 1. The molecule has 6 heteroatoms. The van der Waals surface area contributed by atoms with Crippen LogP contribution < -0.4 is 11.1 Å². The van der Waals surface area contributed by atoms with Crippen LogP contribution in [0.25, 0.3) is 0 Å². The molecule has 0 aliphatic carbocycles. The fourth-order valence-electron chi connectivity index (χ4n) is 3.06. The number of benzene rings is 1. The molecule has 1 aromatic rings. The highest BCUT2D eigenvalue weighted by molar-refractivity contribution is 5.77. The highest BCUT2D eigenvalue weighted by Crippen LogP contribution is 2.20. The molecule has 1 fully saturated rings. The van der Waals surface area contributed by atoms with Gasteiger partial charge in [-0.25, -0.2) is 8.78 Å². The van der Waals surface area contributed by atoms with Crippen LogP contribution in [0.1, 0.15) is 38.2 Å². The largest absolute Gasteiger partial charge is 0.370 e. The quantitative estimate of drug-likeness (QED) is 0.624. The van der Waals surface area contributed by atoms with Crippen molar-refractivity contribution in [3.8, 4) is 0 Å². The Morgan fingerprint density at radius 1 is 1.48 bits per heavy atom. The number of nitrogens with two attached hydrogens (primary N) is 1. The van der Waals surface area contributed by atoms with Crippen LogP contribution in [0.15, 0.2) is 23.2 Å². The average Bonchev–Trinajstić information content (AvgIpc) is 2.98. The van der Waals surface area contributed by atoms with Gasteiger partial charge in [0.25, 0.3) is 0 Å². The van der Waals surface area contributed by atoms with Crippen molar-refractivity contribution < 1.29 is 8.78 Å². The zero-order valence-corrected chi connectivity index (χ0v) is 13.9. The molecular formula is C17H26F2N4. The molecule has 2 rings (SSSR count). The summed E-state index contributed by atoms with van der Waals surface area (Å²) in [6, 6.07) is 4.13. The SMILES string of the molecule is CCN1CCCC1CNC(N)=NCC(C)c1ccc(F)cc1F. The fraction of sp³-hybridized carbons (Fsp3) is 0.588. The van der Waals surface area contributed by atoms with E-state index in [2.05, 4.69) is 22.1 Å². The van der Waals surface area contributed by atoms with E-state index in [1.54, 1.807) is 0 Å². The van der Waals surface area contributed by atoms with Gasteiger partial charge in [-0.2, -0.15) is 0 Å². The maximum Gasteiger partial charge on any atom is 0.188 e. The molecule has 1 saturated heterocycles. The number of halogens is 2. The van der Waals surface area contributed by atoms with Crippen LogP contribution >= 0.6 is 0 Å². The first kappa shape index (κ1) is 17.7. The van der Waals surface area contributed by atoms with E-state index in [0.717, 1.165) is 25.7 Å². The minimum atomic E-state index is -0.569. The second-order valence-electron chi connectivity index (χ2n) is 6.10. The van der Waals surface area contributed by atoms with Gasteiger partial charge in [0.2, 0.25) is 0 Å². The molecule has 0 bridgehead atoms. The van der Waals surface area contributed by atoms with Crippen LogP contribution in [0.2, 0.25) is 0 Å². The van der Waals surface area contributed by atoms with Crippen molar-refractivity contribution in [3.63, 3.8) is 0 Å². The molecule has 3 N–H and O–H groups in total. The van der Waals surface area contributed by atoms with Crippen LogP contribution in [0, 0.1) is 11.6 Å². The number of nitrogens with zero attached hydrogens (tertiary/aromatic N) is 2. The second kappa shape index (κ2) is 8.24. The highest BCUT2D eigenvalue weighted by Gasteiger charge is 2.22. The molecule has 1 heterocycles. The van der Waals surface area contributed by atoms with E-state index in [1.807, 2.05) is 6.92 Å². The van der Waals surface area contributed by atoms with Crippen molar-refractivity contribution in [1.82, 2.24) is 10.2 Å². The number of hydrogen-bond donors (Lipinski definition) is 2. The summed E-state index contributed by atoms with van der Waals surface area (Å²) in [6.07, 6.45) is 2.39. The van der Waals surface area contributed by atoms with E-state index in [0.29, 0.717) is 24.1 Å². The number of likely N-dealkylation sites (tertiary alicyclic amines) is 1. The molecule has 23 heavy (non-hydrogen) atoms. The van der Waals surface area contributed by atoms with Gasteiger partial charge >= 0.3 is 0 Å². The predicted octanol–water partition coefficient (Wildman–Crippen LogP) is 2.46. The number of guanidine groups is 1. The van der Waals surface area contributed by atoms with Crippen molar-refractivity contribution in [3.05, 3.63) is 35.4 Å². The molecule has 0 saturated carbocycles. The summed E-state index contributed by atoms with van der Waals surface area (Å²) in [5.74, 6) is -0.888. The summed E-state index contributed by atoms with van der Waals surface area (Å²) in [4.78, 5) is 6.71. The smallest absolute Gasteiger partial charge is 0.188 e. The normalized spacial score (nSPS) is 20.7. The summed E-state index contributed by atoms with van der Waals surface area (Å²) >= 11 is 0. The Morgan fingerprint density at radius 3 is 2.96 bits per heavy atom. The lowest BCUT2D eigenvalue weighted by Gasteiger charge is -2.23. The molecule has 1 aliphatic rings. The van der Waals surface area contributed by atoms with Crippen molar-refractivity contribution in [2.75, 3.05) is 26.2 Å².